The summed E-state index contributed by atoms with van der Waals surface area (Å²) in [6.45, 7) is 8.06. The van der Waals surface area contributed by atoms with Crippen molar-refractivity contribution in [2.24, 2.45) is 0 Å². The second-order valence-electron chi connectivity index (χ2n) is 8.24. The Bertz CT molecular complexity index is 1280. The van der Waals surface area contributed by atoms with E-state index in [9.17, 15) is 14.4 Å². The topological polar surface area (TPSA) is 127 Å². The van der Waals surface area contributed by atoms with Gasteiger partial charge in [-0.05, 0) is 57.5 Å². The third-order valence-corrected chi connectivity index (χ3v) is 5.84. The smallest absolute Gasteiger partial charge is 0.272 e. The Morgan fingerprint density at radius 3 is 2.56 bits per heavy atom. The lowest BCUT2D eigenvalue weighted by Crippen LogP contribution is -2.34. The number of carbonyl (C=O) groups excluding carboxylic acids is 2. The Morgan fingerprint density at radius 2 is 1.86 bits per heavy atom. The Balaban J connectivity index is 1.66. The molecular weight excluding hydrogens is 486 g/mol. The number of halogens is 1. The summed E-state index contributed by atoms with van der Waals surface area (Å²) >= 11 is 6.11. The molecule has 36 heavy (non-hydrogen) atoms. The summed E-state index contributed by atoms with van der Waals surface area (Å²) in [5.41, 5.74) is 6.05. The number of nitrogens with one attached hydrogen (secondary N) is 3. The van der Waals surface area contributed by atoms with Gasteiger partial charge in [0.25, 0.3) is 11.5 Å². The molecule has 0 aliphatic heterocycles. The average molecular weight is 516 g/mol. The number of hydrogen-bond donors (Lipinski definition) is 3. The summed E-state index contributed by atoms with van der Waals surface area (Å²) in [5.74, 6) is 0.525. The van der Waals surface area contributed by atoms with Gasteiger partial charge in [0, 0.05) is 41.0 Å². The molecule has 0 aliphatic rings. The molecule has 0 saturated heterocycles. The summed E-state index contributed by atoms with van der Waals surface area (Å²) in [4.78, 5) is 37.5. The lowest BCUT2D eigenvalue weighted by atomic mass is 10.1. The highest BCUT2D eigenvalue weighted by molar-refractivity contribution is 6.30. The molecule has 3 aromatic rings. The van der Waals surface area contributed by atoms with Crippen molar-refractivity contribution in [3.05, 3.63) is 79.5 Å². The van der Waals surface area contributed by atoms with Crippen LogP contribution < -0.4 is 26.4 Å². The first-order valence-corrected chi connectivity index (χ1v) is 11.9. The average Bonchev–Trinajstić information content (AvgIpc) is 3.16. The van der Waals surface area contributed by atoms with Crippen molar-refractivity contribution < 1.29 is 18.8 Å². The molecule has 0 bridgehead atoms. The fourth-order valence-electron chi connectivity index (χ4n) is 3.56. The van der Waals surface area contributed by atoms with Crippen molar-refractivity contribution in [2.45, 2.75) is 47.2 Å². The minimum Gasteiger partial charge on any atom is -0.483 e. The van der Waals surface area contributed by atoms with E-state index in [0.717, 1.165) is 11.3 Å². The zero-order chi connectivity index (χ0) is 26.2. The maximum atomic E-state index is 13.0. The van der Waals surface area contributed by atoms with Crippen LogP contribution in [0.2, 0.25) is 5.02 Å². The SMILES string of the molecule is CCNC(=O)COc1ccc(Cl)cc1CNC(=O)Cc1c(C)ccn(NCc2c(C)noc2C)c1=O. The van der Waals surface area contributed by atoms with Crippen molar-refractivity contribution in [3.8, 4) is 5.75 Å². The Labute approximate surface area is 213 Å². The van der Waals surface area contributed by atoms with Gasteiger partial charge in [-0.3, -0.25) is 14.4 Å². The van der Waals surface area contributed by atoms with E-state index < -0.39 is 0 Å². The van der Waals surface area contributed by atoms with E-state index in [4.69, 9.17) is 20.9 Å². The molecule has 0 unspecified atom stereocenters. The lowest BCUT2D eigenvalue weighted by Gasteiger charge is -2.14. The van der Waals surface area contributed by atoms with E-state index in [2.05, 4.69) is 21.2 Å². The van der Waals surface area contributed by atoms with E-state index in [-0.39, 0.29) is 36.9 Å². The number of aromatic nitrogens is 2. The number of ether oxygens (including phenoxy) is 1. The fourth-order valence-corrected chi connectivity index (χ4v) is 3.76. The molecule has 0 saturated carbocycles. The highest BCUT2D eigenvalue weighted by Gasteiger charge is 2.15. The van der Waals surface area contributed by atoms with E-state index in [1.165, 1.54) is 4.68 Å². The first-order valence-electron chi connectivity index (χ1n) is 11.5. The van der Waals surface area contributed by atoms with Crippen LogP contribution in [0.25, 0.3) is 0 Å². The first-order chi connectivity index (χ1) is 17.2. The summed E-state index contributed by atoms with van der Waals surface area (Å²) < 4.78 is 12.1. The number of likely N-dealkylation sites (N-methyl/N-ethyl adjacent to an activating group) is 1. The first kappa shape index (κ1) is 26.8. The molecule has 2 amide bonds. The quantitative estimate of drug-likeness (QED) is 0.358. The van der Waals surface area contributed by atoms with Crippen LogP contribution in [0.5, 0.6) is 5.75 Å². The maximum Gasteiger partial charge on any atom is 0.272 e. The molecule has 192 valence electrons. The summed E-state index contributed by atoms with van der Waals surface area (Å²) in [6.07, 6.45) is 1.52. The number of pyridine rings is 1. The summed E-state index contributed by atoms with van der Waals surface area (Å²) in [5, 5.41) is 9.84. The van der Waals surface area contributed by atoms with Gasteiger partial charge < -0.3 is 25.3 Å². The Morgan fingerprint density at radius 1 is 1.08 bits per heavy atom. The van der Waals surface area contributed by atoms with E-state index in [0.29, 0.717) is 46.3 Å². The number of amides is 2. The number of carbonyl (C=O) groups is 2. The normalized spacial score (nSPS) is 10.7. The van der Waals surface area contributed by atoms with Crippen molar-refractivity contribution in [1.82, 2.24) is 20.5 Å². The van der Waals surface area contributed by atoms with Crippen molar-refractivity contribution in [1.29, 1.82) is 0 Å². The number of benzene rings is 1. The van der Waals surface area contributed by atoms with E-state index >= 15 is 0 Å². The standard InChI is InChI=1S/C25H30ClN5O5/c1-5-27-24(33)14-35-22-7-6-19(26)10-18(22)12-28-23(32)11-20-15(2)8-9-31(25(20)34)29-13-21-16(3)30-36-17(21)4/h6-10,29H,5,11-14H2,1-4H3,(H,27,33)(H,28,32). The van der Waals surface area contributed by atoms with Crippen LogP contribution in [0.4, 0.5) is 0 Å². The highest BCUT2D eigenvalue weighted by atomic mass is 35.5. The van der Waals surface area contributed by atoms with Gasteiger partial charge in [-0.1, -0.05) is 16.8 Å². The molecule has 2 aromatic heterocycles. The zero-order valence-electron chi connectivity index (χ0n) is 20.7. The van der Waals surface area contributed by atoms with Gasteiger partial charge >= 0.3 is 0 Å². The lowest BCUT2D eigenvalue weighted by molar-refractivity contribution is -0.123. The predicted molar refractivity (Wildman–Crippen MR) is 136 cm³/mol. The van der Waals surface area contributed by atoms with Crippen LogP contribution in [0.15, 0.2) is 39.8 Å². The van der Waals surface area contributed by atoms with Crippen LogP contribution >= 0.6 is 11.6 Å². The van der Waals surface area contributed by atoms with Gasteiger partial charge in [0.1, 0.15) is 11.5 Å². The molecule has 11 heteroatoms. The summed E-state index contributed by atoms with van der Waals surface area (Å²) in [7, 11) is 0. The minimum absolute atomic E-state index is 0.103. The molecule has 3 rings (SSSR count). The predicted octanol–water partition coefficient (Wildman–Crippen LogP) is 2.53. The maximum absolute atomic E-state index is 13.0. The van der Waals surface area contributed by atoms with Crippen LogP contribution in [-0.2, 0) is 29.1 Å². The monoisotopic (exact) mass is 515 g/mol. The van der Waals surface area contributed by atoms with Crippen molar-refractivity contribution >= 4 is 23.4 Å². The molecule has 0 aliphatic carbocycles. The van der Waals surface area contributed by atoms with E-state index in [1.54, 1.807) is 44.3 Å². The van der Waals surface area contributed by atoms with Gasteiger partial charge in [0.05, 0.1) is 18.7 Å². The third kappa shape index (κ3) is 6.88. The number of hydrogen-bond acceptors (Lipinski definition) is 7. The Kier molecular flexibility index (Phi) is 9.13. The van der Waals surface area contributed by atoms with Crippen molar-refractivity contribution in [2.75, 3.05) is 18.6 Å². The molecule has 0 radical (unpaired) electrons. The molecule has 2 heterocycles. The van der Waals surface area contributed by atoms with E-state index in [1.807, 2.05) is 13.8 Å². The second-order valence-corrected chi connectivity index (χ2v) is 8.67. The highest BCUT2D eigenvalue weighted by Crippen LogP contribution is 2.23. The largest absolute Gasteiger partial charge is 0.483 e. The van der Waals surface area contributed by atoms with Crippen LogP contribution in [0, 0.1) is 20.8 Å². The van der Waals surface area contributed by atoms with Gasteiger partial charge in [0.15, 0.2) is 6.61 Å². The number of nitrogens with zero attached hydrogens (tertiary/aromatic N) is 2. The van der Waals surface area contributed by atoms with Gasteiger partial charge in [0.2, 0.25) is 5.91 Å². The van der Waals surface area contributed by atoms with Crippen LogP contribution in [0.3, 0.4) is 0 Å². The van der Waals surface area contributed by atoms with Crippen LogP contribution in [0.1, 0.15) is 40.6 Å². The van der Waals surface area contributed by atoms with Gasteiger partial charge in [-0.15, -0.1) is 0 Å². The second kappa shape index (κ2) is 12.3. The molecule has 3 N–H and O–H groups in total. The molecule has 0 atom stereocenters. The molecule has 1 aromatic carbocycles. The van der Waals surface area contributed by atoms with Crippen molar-refractivity contribution in [3.63, 3.8) is 0 Å². The zero-order valence-corrected chi connectivity index (χ0v) is 21.5. The van der Waals surface area contributed by atoms with Gasteiger partial charge in [-0.25, -0.2) is 4.68 Å². The fraction of sp³-hybridized carbons (Fsp3) is 0.360. The third-order valence-electron chi connectivity index (χ3n) is 5.60. The molecule has 10 nitrogen and oxygen atoms in total. The summed E-state index contributed by atoms with van der Waals surface area (Å²) in [6, 6.07) is 6.72. The number of rotatable bonds is 11. The van der Waals surface area contributed by atoms with Gasteiger partial charge in [-0.2, -0.15) is 0 Å². The number of aryl methyl sites for hydroxylation is 3. The minimum atomic E-state index is -0.340. The molecule has 0 spiro atoms. The molecule has 0 fully saturated rings. The molecular formula is C25H30ClN5O5. The Hall–Kier alpha value is -3.79. The van der Waals surface area contributed by atoms with Crippen LogP contribution in [-0.4, -0.2) is 34.8 Å².